The smallest absolute Gasteiger partial charge is 0.407 e. The number of alkyl halides is 2. The van der Waals surface area contributed by atoms with Crippen molar-refractivity contribution in [2.45, 2.75) is 39.4 Å². The Bertz CT molecular complexity index is 1590. The van der Waals surface area contributed by atoms with E-state index in [1.54, 1.807) is 56.4 Å². The standard InChI is InChI=1S/C31H34F2N6O5/c1-31(2,3)44-30(41)35-13-15-42-19-20-16-26(40)39(18-20)23-8-6-22(7-9-23)37-27-28-36-17-25(38(28)14-12-34-27)21-4-10-24(11-5-21)43-29(32)33/h4-12,14,17,20,29H,13,15-16,18-19H2,1-3H3,(H,34,37)(H,35,41). The van der Waals surface area contributed by atoms with Crippen molar-refractivity contribution in [1.29, 1.82) is 0 Å². The van der Waals surface area contributed by atoms with E-state index in [1.807, 2.05) is 28.7 Å². The molecule has 2 aromatic carbocycles. The number of fused-ring (bicyclic) bond motifs is 1. The summed E-state index contributed by atoms with van der Waals surface area (Å²) in [5.74, 6) is 0.677. The molecule has 1 aliphatic rings. The van der Waals surface area contributed by atoms with Gasteiger partial charge in [0.05, 0.1) is 25.1 Å². The highest BCUT2D eigenvalue weighted by Gasteiger charge is 2.30. The van der Waals surface area contributed by atoms with E-state index >= 15 is 0 Å². The quantitative estimate of drug-likeness (QED) is 0.210. The van der Waals surface area contributed by atoms with Crippen LogP contribution in [0.3, 0.4) is 0 Å². The van der Waals surface area contributed by atoms with Crippen molar-refractivity contribution in [3.8, 4) is 17.0 Å². The monoisotopic (exact) mass is 608 g/mol. The highest BCUT2D eigenvalue weighted by Crippen LogP contribution is 2.29. The van der Waals surface area contributed by atoms with Crippen LogP contribution >= 0.6 is 0 Å². The Hall–Kier alpha value is -4.78. The van der Waals surface area contributed by atoms with Gasteiger partial charge in [0.15, 0.2) is 11.5 Å². The second kappa shape index (κ2) is 13.2. The number of hydrogen-bond acceptors (Lipinski definition) is 8. The molecule has 1 aliphatic heterocycles. The third kappa shape index (κ3) is 7.78. The number of halogens is 2. The molecule has 0 radical (unpaired) electrons. The summed E-state index contributed by atoms with van der Waals surface area (Å²) >= 11 is 0. The molecule has 2 aromatic heterocycles. The van der Waals surface area contributed by atoms with Crippen molar-refractivity contribution in [1.82, 2.24) is 19.7 Å². The van der Waals surface area contributed by atoms with E-state index in [0.717, 1.165) is 22.6 Å². The zero-order valence-corrected chi connectivity index (χ0v) is 24.6. The number of nitrogens with one attached hydrogen (secondary N) is 2. The fourth-order valence-electron chi connectivity index (χ4n) is 4.82. The number of amides is 2. The van der Waals surface area contributed by atoms with Gasteiger partial charge in [-0.3, -0.25) is 9.20 Å². The van der Waals surface area contributed by atoms with Gasteiger partial charge >= 0.3 is 12.7 Å². The number of anilines is 3. The van der Waals surface area contributed by atoms with Crippen molar-refractivity contribution in [3.63, 3.8) is 0 Å². The number of benzene rings is 2. The molecule has 2 amide bonds. The van der Waals surface area contributed by atoms with Gasteiger partial charge in [-0.2, -0.15) is 8.78 Å². The van der Waals surface area contributed by atoms with Gasteiger partial charge in [-0.25, -0.2) is 14.8 Å². The number of ether oxygens (including phenoxy) is 3. The van der Waals surface area contributed by atoms with E-state index in [2.05, 4.69) is 25.3 Å². The van der Waals surface area contributed by atoms with Gasteiger partial charge < -0.3 is 29.7 Å². The summed E-state index contributed by atoms with van der Waals surface area (Å²) in [4.78, 5) is 35.1. The minimum atomic E-state index is -2.88. The summed E-state index contributed by atoms with van der Waals surface area (Å²) in [7, 11) is 0. The maximum atomic E-state index is 12.7. The van der Waals surface area contributed by atoms with Gasteiger partial charge in [-0.1, -0.05) is 0 Å². The zero-order chi connectivity index (χ0) is 31.3. The second-order valence-corrected chi connectivity index (χ2v) is 11.3. The van der Waals surface area contributed by atoms with Gasteiger partial charge in [0.1, 0.15) is 11.4 Å². The van der Waals surface area contributed by atoms with Crippen molar-refractivity contribution in [2.24, 2.45) is 5.92 Å². The van der Waals surface area contributed by atoms with Crippen molar-refractivity contribution < 1.29 is 32.6 Å². The van der Waals surface area contributed by atoms with Gasteiger partial charge in [-0.15, -0.1) is 0 Å². The largest absolute Gasteiger partial charge is 0.444 e. The van der Waals surface area contributed by atoms with E-state index in [4.69, 9.17) is 9.47 Å². The number of carbonyl (C=O) groups excluding carboxylic acids is 2. The minimum Gasteiger partial charge on any atom is -0.444 e. The van der Waals surface area contributed by atoms with Crippen LogP contribution in [0.15, 0.2) is 67.1 Å². The Labute approximate surface area is 253 Å². The predicted octanol–water partition coefficient (Wildman–Crippen LogP) is 5.64. The van der Waals surface area contributed by atoms with Gasteiger partial charge in [0, 0.05) is 54.8 Å². The third-order valence-corrected chi connectivity index (χ3v) is 6.72. The van der Waals surface area contributed by atoms with Crippen molar-refractivity contribution >= 4 is 34.8 Å². The summed E-state index contributed by atoms with van der Waals surface area (Å²) < 4.78 is 42.2. The molecular weight excluding hydrogens is 574 g/mol. The maximum absolute atomic E-state index is 12.7. The number of nitrogens with zero attached hydrogens (tertiary/aromatic N) is 4. The minimum absolute atomic E-state index is 0.0244. The molecule has 1 saturated heterocycles. The Morgan fingerprint density at radius 1 is 1.09 bits per heavy atom. The molecule has 0 spiro atoms. The Morgan fingerprint density at radius 3 is 2.55 bits per heavy atom. The molecule has 0 saturated carbocycles. The maximum Gasteiger partial charge on any atom is 0.407 e. The third-order valence-electron chi connectivity index (χ3n) is 6.72. The molecule has 3 heterocycles. The first-order valence-electron chi connectivity index (χ1n) is 14.1. The molecule has 4 aromatic rings. The normalized spacial score (nSPS) is 15.2. The van der Waals surface area contributed by atoms with E-state index in [1.165, 1.54) is 12.1 Å². The number of aromatic nitrogens is 3. The Morgan fingerprint density at radius 2 is 1.84 bits per heavy atom. The molecule has 0 bridgehead atoms. The number of alkyl carbamates (subject to hydrolysis) is 1. The van der Waals surface area contributed by atoms with Crippen LogP contribution in [0.1, 0.15) is 27.2 Å². The van der Waals surface area contributed by atoms with Crippen molar-refractivity contribution in [2.75, 3.05) is 36.5 Å². The Kier molecular flexibility index (Phi) is 9.23. The summed E-state index contributed by atoms with van der Waals surface area (Å²) in [6.45, 7) is 4.11. The van der Waals surface area contributed by atoms with Gasteiger partial charge in [-0.05, 0) is 69.3 Å². The number of hydrogen-bond donors (Lipinski definition) is 2. The molecule has 1 atom stereocenters. The average molecular weight is 609 g/mol. The van der Waals surface area contributed by atoms with Crippen LogP contribution in [0.25, 0.3) is 16.9 Å². The van der Waals surface area contributed by atoms with Crippen LogP contribution in [0.2, 0.25) is 0 Å². The lowest BCUT2D eigenvalue weighted by Crippen LogP contribution is -2.34. The lowest BCUT2D eigenvalue weighted by atomic mass is 10.1. The first kappa shape index (κ1) is 30.7. The van der Waals surface area contributed by atoms with Crippen molar-refractivity contribution in [3.05, 3.63) is 67.1 Å². The Balaban J connectivity index is 1.15. The fraction of sp³-hybridized carbons (Fsp3) is 0.355. The zero-order valence-electron chi connectivity index (χ0n) is 24.6. The van der Waals surface area contributed by atoms with Crippen LogP contribution < -0.4 is 20.3 Å². The first-order valence-corrected chi connectivity index (χ1v) is 14.1. The van der Waals surface area contributed by atoms with Gasteiger partial charge in [0.25, 0.3) is 0 Å². The summed E-state index contributed by atoms with van der Waals surface area (Å²) in [6, 6.07) is 13.8. The highest BCUT2D eigenvalue weighted by molar-refractivity contribution is 5.96. The highest BCUT2D eigenvalue weighted by atomic mass is 19.3. The number of carbonyl (C=O) groups is 2. The summed E-state index contributed by atoms with van der Waals surface area (Å²) in [5, 5.41) is 5.93. The molecule has 232 valence electrons. The molecular formula is C31H34F2N6O5. The van der Waals surface area contributed by atoms with E-state index < -0.39 is 18.3 Å². The molecule has 13 heteroatoms. The first-order chi connectivity index (χ1) is 21.1. The van der Waals surface area contributed by atoms with E-state index in [9.17, 15) is 18.4 Å². The molecule has 5 rings (SSSR count). The molecule has 44 heavy (non-hydrogen) atoms. The molecule has 1 fully saturated rings. The topological polar surface area (TPSA) is 119 Å². The van der Waals surface area contributed by atoms with Crippen LogP contribution in [-0.4, -0.2) is 64.9 Å². The molecule has 0 aliphatic carbocycles. The van der Waals surface area contributed by atoms with Crippen LogP contribution in [0, 0.1) is 5.92 Å². The lowest BCUT2D eigenvalue weighted by molar-refractivity contribution is -0.117. The summed E-state index contributed by atoms with van der Waals surface area (Å²) in [6.07, 6.45) is 4.99. The predicted molar refractivity (Wildman–Crippen MR) is 160 cm³/mol. The molecule has 2 N–H and O–H groups in total. The SMILES string of the molecule is CC(C)(C)OC(=O)NCCOCC1CC(=O)N(c2ccc(Nc3nccn4c(-c5ccc(OC(F)F)cc5)cnc34)cc2)C1. The number of rotatable bonds is 11. The molecule has 1 unspecified atom stereocenters. The molecule has 11 nitrogen and oxygen atoms in total. The second-order valence-electron chi connectivity index (χ2n) is 11.3. The van der Waals surface area contributed by atoms with Crippen LogP contribution in [-0.2, 0) is 14.3 Å². The number of imidazole rings is 1. The van der Waals surface area contributed by atoms with Crippen LogP contribution in [0.5, 0.6) is 5.75 Å². The average Bonchev–Trinajstić information content (AvgIpc) is 3.56. The van der Waals surface area contributed by atoms with E-state index in [-0.39, 0.29) is 17.6 Å². The lowest BCUT2D eigenvalue weighted by Gasteiger charge is -2.19. The summed E-state index contributed by atoms with van der Waals surface area (Å²) in [5.41, 5.74) is 3.10. The van der Waals surface area contributed by atoms with E-state index in [0.29, 0.717) is 44.2 Å². The van der Waals surface area contributed by atoms with Crippen LogP contribution in [0.4, 0.5) is 30.8 Å². The van der Waals surface area contributed by atoms with Gasteiger partial charge in [0.2, 0.25) is 5.91 Å². The fourth-order valence-corrected chi connectivity index (χ4v) is 4.82.